The van der Waals surface area contributed by atoms with Gasteiger partial charge in [-0.3, -0.25) is 4.79 Å². The lowest BCUT2D eigenvalue weighted by molar-refractivity contribution is -0.118. The van der Waals surface area contributed by atoms with Crippen LogP contribution in [0, 0.1) is 5.92 Å². The van der Waals surface area contributed by atoms with Crippen molar-refractivity contribution < 1.29 is 14.7 Å². The Morgan fingerprint density at radius 2 is 2.00 bits per heavy atom. The zero-order chi connectivity index (χ0) is 16.0. The first-order chi connectivity index (χ1) is 9.86. The summed E-state index contributed by atoms with van der Waals surface area (Å²) in [6, 6.07) is 5.09. The van der Waals surface area contributed by atoms with E-state index in [0.29, 0.717) is 5.69 Å². The minimum Gasteiger partial charge on any atom is -0.478 e. The van der Waals surface area contributed by atoms with Gasteiger partial charge in [0.1, 0.15) is 0 Å². The van der Waals surface area contributed by atoms with Gasteiger partial charge in [-0.1, -0.05) is 27.2 Å². The fraction of sp³-hybridized carbons (Fsp3) is 0.500. The van der Waals surface area contributed by atoms with Crippen molar-refractivity contribution in [3.63, 3.8) is 0 Å². The van der Waals surface area contributed by atoms with E-state index in [1.54, 1.807) is 26.0 Å². The molecule has 0 saturated carbocycles. The number of anilines is 2. The molecule has 1 aromatic carbocycles. The summed E-state index contributed by atoms with van der Waals surface area (Å²) < 4.78 is 0. The van der Waals surface area contributed by atoms with Crippen LogP contribution in [0.3, 0.4) is 0 Å². The molecule has 0 aliphatic carbocycles. The van der Waals surface area contributed by atoms with Crippen LogP contribution in [0.4, 0.5) is 11.4 Å². The summed E-state index contributed by atoms with van der Waals surface area (Å²) in [7, 11) is 1.93. The van der Waals surface area contributed by atoms with E-state index in [4.69, 9.17) is 0 Å². The standard InChI is InChI=1S/C16H24N2O3/c1-5-6-9-18(4)12-7-8-14(13(10-12)16(20)21)17-15(19)11(2)3/h7-8,10-11H,5-6,9H2,1-4H3,(H,17,19)(H,20,21). The maximum absolute atomic E-state index is 11.7. The Bertz CT molecular complexity index is 512. The second-order valence-electron chi connectivity index (χ2n) is 5.45. The lowest BCUT2D eigenvalue weighted by Crippen LogP contribution is -2.21. The van der Waals surface area contributed by atoms with E-state index in [1.165, 1.54) is 0 Å². The van der Waals surface area contributed by atoms with Gasteiger partial charge in [0, 0.05) is 25.2 Å². The van der Waals surface area contributed by atoms with E-state index in [9.17, 15) is 14.7 Å². The average molecular weight is 292 g/mol. The van der Waals surface area contributed by atoms with Crippen LogP contribution in [-0.4, -0.2) is 30.6 Å². The molecule has 0 spiro atoms. The number of carboxylic acids is 1. The summed E-state index contributed by atoms with van der Waals surface area (Å²) in [6.45, 7) is 6.51. The predicted molar refractivity (Wildman–Crippen MR) is 85.0 cm³/mol. The molecule has 0 atom stereocenters. The largest absolute Gasteiger partial charge is 0.478 e. The maximum Gasteiger partial charge on any atom is 0.337 e. The van der Waals surface area contributed by atoms with Crippen LogP contribution in [-0.2, 0) is 4.79 Å². The lowest BCUT2D eigenvalue weighted by Gasteiger charge is -2.20. The Morgan fingerprint density at radius 3 is 2.52 bits per heavy atom. The van der Waals surface area contributed by atoms with Gasteiger partial charge in [0.15, 0.2) is 0 Å². The zero-order valence-electron chi connectivity index (χ0n) is 13.1. The number of carbonyl (C=O) groups is 2. The van der Waals surface area contributed by atoms with Gasteiger partial charge >= 0.3 is 5.97 Å². The summed E-state index contributed by atoms with van der Waals surface area (Å²) in [6.07, 6.45) is 2.13. The van der Waals surface area contributed by atoms with Gasteiger partial charge in [-0.05, 0) is 24.6 Å². The smallest absolute Gasteiger partial charge is 0.337 e. The lowest BCUT2D eigenvalue weighted by atomic mass is 10.1. The van der Waals surface area contributed by atoms with Crippen molar-refractivity contribution in [2.24, 2.45) is 5.92 Å². The second kappa shape index (κ2) is 7.67. The highest BCUT2D eigenvalue weighted by molar-refractivity contribution is 6.01. The number of unbranched alkanes of at least 4 members (excludes halogenated alkanes) is 1. The Labute approximate surface area is 126 Å². The van der Waals surface area contributed by atoms with Gasteiger partial charge in [0.25, 0.3) is 0 Å². The minimum atomic E-state index is -1.04. The van der Waals surface area contributed by atoms with Crippen molar-refractivity contribution in [1.29, 1.82) is 0 Å². The van der Waals surface area contributed by atoms with E-state index in [1.807, 2.05) is 18.0 Å². The van der Waals surface area contributed by atoms with Crippen molar-refractivity contribution in [3.8, 4) is 0 Å². The van der Waals surface area contributed by atoms with E-state index in [-0.39, 0.29) is 17.4 Å². The SMILES string of the molecule is CCCCN(C)c1ccc(NC(=O)C(C)C)c(C(=O)O)c1. The Hall–Kier alpha value is -2.04. The summed E-state index contributed by atoms with van der Waals surface area (Å²) in [5.41, 5.74) is 1.29. The second-order valence-corrected chi connectivity index (χ2v) is 5.45. The maximum atomic E-state index is 11.7. The van der Waals surface area contributed by atoms with Crippen LogP contribution in [0.15, 0.2) is 18.2 Å². The third-order valence-electron chi connectivity index (χ3n) is 3.30. The summed E-state index contributed by atoms with van der Waals surface area (Å²) >= 11 is 0. The average Bonchev–Trinajstić information content (AvgIpc) is 2.44. The molecule has 1 amide bonds. The Balaban J connectivity index is 3.02. The number of carbonyl (C=O) groups excluding carboxylic acids is 1. The molecule has 0 saturated heterocycles. The van der Waals surface area contributed by atoms with E-state index in [2.05, 4.69) is 12.2 Å². The quantitative estimate of drug-likeness (QED) is 0.809. The molecule has 21 heavy (non-hydrogen) atoms. The number of rotatable bonds is 7. The number of nitrogens with zero attached hydrogens (tertiary/aromatic N) is 1. The number of nitrogens with one attached hydrogen (secondary N) is 1. The molecule has 0 heterocycles. The van der Waals surface area contributed by atoms with Gasteiger partial charge in [-0.2, -0.15) is 0 Å². The highest BCUT2D eigenvalue weighted by atomic mass is 16.4. The highest BCUT2D eigenvalue weighted by Crippen LogP contribution is 2.23. The van der Waals surface area contributed by atoms with Gasteiger partial charge in [0.2, 0.25) is 5.91 Å². The molecule has 0 radical (unpaired) electrons. The number of hydrogen-bond donors (Lipinski definition) is 2. The fourth-order valence-corrected chi connectivity index (χ4v) is 1.86. The van der Waals surface area contributed by atoms with Crippen LogP contribution in [0.25, 0.3) is 0 Å². The normalized spacial score (nSPS) is 10.5. The molecule has 0 aromatic heterocycles. The first-order valence-corrected chi connectivity index (χ1v) is 7.26. The third kappa shape index (κ3) is 4.77. The van der Waals surface area contributed by atoms with Gasteiger partial charge in [-0.15, -0.1) is 0 Å². The number of aromatic carboxylic acids is 1. The van der Waals surface area contributed by atoms with Crippen molar-refractivity contribution in [2.75, 3.05) is 23.8 Å². The van der Waals surface area contributed by atoms with E-state index < -0.39 is 5.97 Å². The molecule has 0 fully saturated rings. The van der Waals surface area contributed by atoms with Crippen molar-refractivity contribution in [1.82, 2.24) is 0 Å². The Morgan fingerprint density at radius 1 is 1.33 bits per heavy atom. The Kier molecular flexibility index (Phi) is 6.21. The van der Waals surface area contributed by atoms with Crippen LogP contribution in [0.5, 0.6) is 0 Å². The molecule has 0 bridgehead atoms. The van der Waals surface area contributed by atoms with Crippen LogP contribution < -0.4 is 10.2 Å². The number of hydrogen-bond acceptors (Lipinski definition) is 3. The van der Waals surface area contributed by atoms with Gasteiger partial charge in [0.05, 0.1) is 11.3 Å². The van der Waals surface area contributed by atoms with E-state index in [0.717, 1.165) is 25.1 Å². The summed E-state index contributed by atoms with van der Waals surface area (Å²) in [5.74, 6) is -1.43. The predicted octanol–water partition coefficient (Wildman–Crippen LogP) is 3.22. The van der Waals surface area contributed by atoms with Gasteiger partial charge < -0.3 is 15.3 Å². The first-order valence-electron chi connectivity index (χ1n) is 7.26. The molecule has 1 aromatic rings. The van der Waals surface area contributed by atoms with Crippen molar-refractivity contribution >= 4 is 23.3 Å². The number of amides is 1. The molecule has 1 rings (SSSR count). The van der Waals surface area contributed by atoms with Crippen LogP contribution in [0.2, 0.25) is 0 Å². The monoisotopic (exact) mass is 292 g/mol. The van der Waals surface area contributed by atoms with Crippen molar-refractivity contribution in [2.45, 2.75) is 33.6 Å². The molecular weight excluding hydrogens is 268 g/mol. The molecular formula is C16H24N2O3. The number of benzene rings is 1. The number of carboxylic acid groups (broad SMARTS) is 1. The topological polar surface area (TPSA) is 69.6 Å². The molecule has 2 N–H and O–H groups in total. The molecule has 0 aliphatic heterocycles. The molecule has 5 nitrogen and oxygen atoms in total. The van der Waals surface area contributed by atoms with Gasteiger partial charge in [-0.25, -0.2) is 4.79 Å². The molecule has 0 aliphatic rings. The van der Waals surface area contributed by atoms with Crippen LogP contribution in [0.1, 0.15) is 44.0 Å². The van der Waals surface area contributed by atoms with Crippen molar-refractivity contribution in [3.05, 3.63) is 23.8 Å². The first kappa shape index (κ1) is 17.0. The minimum absolute atomic E-state index is 0.116. The van der Waals surface area contributed by atoms with Crippen LogP contribution >= 0.6 is 0 Å². The molecule has 5 heteroatoms. The molecule has 116 valence electrons. The van der Waals surface area contributed by atoms with E-state index >= 15 is 0 Å². The summed E-state index contributed by atoms with van der Waals surface area (Å²) in [4.78, 5) is 25.1. The summed E-state index contributed by atoms with van der Waals surface area (Å²) in [5, 5.41) is 12.0. The zero-order valence-corrected chi connectivity index (χ0v) is 13.1. The fourth-order valence-electron chi connectivity index (χ4n) is 1.86. The highest BCUT2D eigenvalue weighted by Gasteiger charge is 2.16. The molecule has 0 unspecified atom stereocenters. The third-order valence-corrected chi connectivity index (χ3v) is 3.30.